The van der Waals surface area contributed by atoms with Gasteiger partial charge in [-0.25, -0.2) is 9.59 Å². The molecule has 0 fully saturated rings. The van der Waals surface area contributed by atoms with Crippen molar-refractivity contribution in [3.63, 3.8) is 0 Å². The Morgan fingerprint density at radius 2 is 1.75 bits per heavy atom. The minimum Gasteiger partial charge on any atom is -0.462 e. The molecule has 1 aromatic rings. The van der Waals surface area contributed by atoms with Crippen LogP contribution in [-0.2, 0) is 24.7 Å². The fourth-order valence-electron chi connectivity index (χ4n) is 2.10. The summed E-state index contributed by atoms with van der Waals surface area (Å²) >= 11 is 0. The van der Waals surface area contributed by atoms with Crippen LogP contribution in [0.25, 0.3) is 0 Å². The molecular weight excluding hydrogens is 356 g/mol. The second-order valence-corrected chi connectivity index (χ2v) is 7.28. The lowest BCUT2D eigenvalue weighted by Crippen LogP contribution is -2.18. The molecule has 0 heterocycles. The predicted octanol–water partition coefficient (Wildman–Crippen LogP) is 3.63. The highest BCUT2D eigenvalue weighted by molar-refractivity contribution is 8.10. The van der Waals surface area contributed by atoms with Crippen molar-refractivity contribution in [2.24, 2.45) is 0 Å². The van der Waals surface area contributed by atoms with Crippen LogP contribution in [0.5, 0.6) is 0 Å². The number of ether oxygens (including phenoxy) is 1. The van der Waals surface area contributed by atoms with Gasteiger partial charge in [-0.2, -0.15) is 8.42 Å². The van der Waals surface area contributed by atoms with Gasteiger partial charge in [0.1, 0.15) is 0 Å². The maximum absolute atomic E-state index is 12.4. The van der Waals surface area contributed by atoms with Gasteiger partial charge in [-0.05, 0) is 30.9 Å². The van der Waals surface area contributed by atoms with Crippen molar-refractivity contribution >= 4 is 32.0 Å². The standard InChI is InChI=1S/C16H21ClO6S/c1-3-5-8-12-9-7-10-13(15(18)23-24(17,20)21)14(12)16(19)22-11-6-4-2/h7,9-10H,3-6,8,11H2,1-2H3. The number of esters is 1. The molecule has 0 saturated heterocycles. The molecular formula is C16H21ClO6S. The summed E-state index contributed by atoms with van der Waals surface area (Å²) < 4.78 is 31.3. The van der Waals surface area contributed by atoms with Crippen molar-refractivity contribution in [2.45, 2.75) is 46.0 Å². The minimum atomic E-state index is -4.49. The SMILES string of the molecule is CCCCOC(=O)c1c(CCCC)cccc1C(=O)OS(=O)(=O)Cl. The molecule has 134 valence electrons. The molecule has 6 nitrogen and oxygen atoms in total. The van der Waals surface area contributed by atoms with Gasteiger partial charge in [-0.15, -0.1) is 0 Å². The van der Waals surface area contributed by atoms with Gasteiger partial charge in [0.25, 0.3) is 0 Å². The van der Waals surface area contributed by atoms with Gasteiger partial charge >= 0.3 is 21.3 Å². The van der Waals surface area contributed by atoms with Crippen molar-refractivity contribution in [3.05, 3.63) is 34.9 Å². The van der Waals surface area contributed by atoms with Gasteiger partial charge in [0, 0.05) is 0 Å². The van der Waals surface area contributed by atoms with E-state index in [4.69, 9.17) is 15.4 Å². The number of carbonyl (C=O) groups excluding carboxylic acids is 2. The van der Waals surface area contributed by atoms with E-state index in [9.17, 15) is 18.0 Å². The number of unbranched alkanes of at least 4 members (excludes halogenated alkanes) is 2. The third-order valence-corrected chi connectivity index (χ3v) is 3.82. The van der Waals surface area contributed by atoms with Crippen LogP contribution >= 0.6 is 10.7 Å². The summed E-state index contributed by atoms with van der Waals surface area (Å²) in [7, 11) is 0.455. The quantitative estimate of drug-likeness (QED) is 0.371. The van der Waals surface area contributed by atoms with E-state index in [1.54, 1.807) is 12.1 Å². The molecule has 0 aliphatic carbocycles. The van der Waals surface area contributed by atoms with Gasteiger partial charge in [0.05, 0.1) is 28.4 Å². The molecule has 0 aliphatic heterocycles. The molecule has 0 saturated carbocycles. The van der Waals surface area contributed by atoms with Gasteiger partial charge in [-0.3, -0.25) is 0 Å². The van der Waals surface area contributed by atoms with Crippen molar-refractivity contribution < 1.29 is 26.9 Å². The van der Waals surface area contributed by atoms with Crippen LogP contribution in [0.4, 0.5) is 0 Å². The molecule has 1 aromatic carbocycles. The van der Waals surface area contributed by atoms with E-state index in [0.29, 0.717) is 18.4 Å². The van der Waals surface area contributed by atoms with E-state index in [0.717, 1.165) is 19.3 Å². The molecule has 24 heavy (non-hydrogen) atoms. The summed E-state index contributed by atoms with van der Waals surface area (Å²) in [6, 6.07) is 4.58. The second kappa shape index (κ2) is 9.64. The zero-order valence-electron chi connectivity index (χ0n) is 13.7. The van der Waals surface area contributed by atoms with Crippen LogP contribution in [0.3, 0.4) is 0 Å². The molecule has 0 radical (unpaired) electrons. The van der Waals surface area contributed by atoms with Gasteiger partial charge in [0.15, 0.2) is 0 Å². The van der Waals surface area contributed by atoms with Crippen LogP contribution in [0, 0.1) is 0 Å². The van der Waals surface area contributed by atoms with Crippen LogP contribution in [0.15, 0.2) is 18.2 Å². The number of benzene rings is 1. The Morgan fingerprint density at radius 1 is 1.08 bits per heavy atom. The average Bonchev–Trinajstić information content (AvgIpc) is 2.50. The molecule has 0 aromatic heterocycles. The molecule has 0 amide bonds. The normalized spacial score (nSPS) is 11.1. The molecule has 0 aliphatic rings. The first-order chi connectivity index (χ1) is 11.3. The van der Waals surface area contributed by atoms with Gasteiger partial charge in [-0.1, -0.05) is 38.8 Å². The Labute approximate surface area is 146 Å². The highest BCUT2D eigenvalue weighted by Gasteiger charge is 2.25. The smallest absolute Gasteiger partial charge is 0.404 e. The molecule has 0 spiro atoms. The summed E-state index contributed by atoms with van der Waals surface area (Å²) in [6.45, 7) is 4.17. The maximum Gasteiger partial charge on any atom is 0.404 e. The maximum atomic E-state index is 12.4. The van der Waals surface area contributed by atoms with E-state index in [-0.39, 0.29) is 17.7 Å². The number of hydrogen-bond acceptors (Lipinski definition) is 6. The van der Waals surface area contributed by atoms with Crippen LogP contribution < -0.4 is 0 Å². The van der Waals surface area contributed by atoms with Crippen molar-refractivity contribution in [3.8, 4) is 0 Å². The van der Waals surface area contributed by atoms with Crippen molar-refractivity contribution in [1.29, 1.82) is 0 Å². The Kier molecular flexibility index (Phi) is 8.21. The number of rotatable bonds is 9. The summed E-state index contributed by atoms with van der Waals surface area (Å²) in [5.41, 5.74) is 0.474. The summed E-state index contributed by atoms with van der Waals surface area (Å²) in [4.78, 5) is 24.4. The third kappa shape index (κ3) is 6.49. The Hall–Kier alpha value is -1.60. The third-order valence-electron chi connectivity index (χ3n) is 3.28. The lowest BCUT2D eigenvalue weighted by Gasteiger charge is -2.13. The Balaban J connectivity index is 3.21. The van der Waals surface area contributed by atoms with Gasteiger partial charge < -0.3 is 8.92 Å². The first-order valence-electron chi connectivity index (χ1n) is 7.77. The first kappa shape index (κ1) is 20.4. The minimum absolute atomic E-state index is 0.0346. The fourth-order valence-corrected chi connectivity index (χ4v) is 2.55. The topological polar surface area (TPSA) is 86.7 Å². The summed E-state index contributed by atoms with van der Waals surface area (Å²) in [6.07, 6.45) is 3.81. The highest BCUT2D eigenvalue weighted by Crippen LogP contribution is 2.21. The molecule has 8 heteroatoms. The van der Waals surface area contributed by atoms with Crippen molar-refractivity contribution in [1.82, 2.24) is 0 Å². The van der Waals surface area contributed by atoms with Crippen LogP contribution in [-0.4, -0.2) is 27.0 Å². The van der Waals surface area contributed by atoms with Crippen LogP contribution in [0.2, 0.25) is 0 Å². The molecule has 0 N–H and O–H groups in total. The Morgan fingerprint density at radius 3 is 2.33 bits per heavy atom. The fraction of sp³-hybridized carbons (Fsp3) is 0.500. The van der Waals surface area contributed by atoms with E-state index < -0.39 is 21.3 Å². The largest absolute Gasteiger partial charge is 0.462 e. The van der Waals surface area contributed by atoms with Crippen molar-refractivity contribution in [2.75, 3.05) is 6.61 Å². The number of hydrogen-bond donors (Lipinski definition) is 0. The van der Waals surface area contributed by atoms with Gasteiger partial charge in [0.2, 0.25) is 0 Å². The predicted molar refractivity (Wildman–Crippen MR) is 90.4 cm³/mol. The van der Waals surface area contributed by atoms with E-state index in [2.05, 4.69) is 4.18 Å². The summed E-state index contributed by atoms with van der Waals surface area (Å²) in [5.74, 6) is -1.88. The zero-order chi connectivity index (χ0) is 18.2. The average molecular weight is 377 g/mol. The number of aryl methyl sites for hydroxylation is 1. The van der Waals surface area contributed by atoms with E-state index >= 15 is 0 Å². The molecule has 0 atom stereocenters. The number of halogens is 1. The summed E-state index contributed by atoms with van der Waals surface area (Å²) in [5, 5.41) is 0. The lowest BCUT2D eigenvalue weighted by molar-refractivity contribution is 0.0490. The number of carbonyl (C=O) groups is 2. The highest BCUT2D eigenvalue weighted by atomic mass is 35.7. The zero-order valence-corrected chi connectivity index (χ0v) is 15.3. The lowest BCUT2D eigenvalue weighted by atomic mass is 9.97. The molecule has 1 rings (SSSR count). The molecule has 0 bridgehead atoms. The van der Waals surface area contributed by atoms with E-state index in [1.165, 1.54) is 6.07 Å². The van der Waals surface area contributed by atoms with Crippen LogP contribution in [0.1, 0.15) is 65.8 Å². The Bertz CT molecular complexity index is 684. The second-order valence-electron chi connectivity index (χ2n) is 5.20. The van der Waals surface area contributed by atoms with E-state index in [1.807, 2.05) is 13.8 Å². The monoisotopic (exact) mass is 376 g/mol. The molecule has 0 unspecified atom stereocenters. The first-order valence-corrected chi connectivity index (χ1v) is 10.0.